The maximum Gasteiger partial charge on any atom is 0.358 e. The molecule has 198 valence electrons. The highest BCUT2D eigenvalue weighted by Gasteiger charge is 2.57. The SMILES string of the molecule is C[C@@H](O)[C@H]1C(=O)N2C(C(=O)OCOC(=O)C(C)(C)C)=C(c3ccc(C#N)c(NC(=O)c4cc[nH]c4)c3)C[C@H]12. The number of nitrogens with zero attached hydrogens (tertiary/aromatic N) is 2. The molecule has 3 atom stereocenters. The van der Waals surface area contributed by atoms with Gasteiger partial charge in [-0.2, -0.15) is 5.26 Å². The molecule has 0 saturated carbocycles. The zero-order chi connectivity index (χ0) is 27.8. The topological polar surface area (TPSA) is 162 Å². The van der Waals surface area contributed by atoms with Gasteiger partial charge in [0.05, 0.1) is 40.3 Å². The van der Waals surface area contributed by atoms with Crippen LogP contribution in [0.2, 0.25) is 0 Å². The second kappa shape index (κ2) is 10.1. The molecule has 3 heterocycles. The second-order valence-electron chi connectivity index (χ2n) is 10.2. The standard InChI is InChI=1S/C27H28N4O7/c1-14(32)21-20-10-18(22(31(20)24(21)34)25(35)37-13-38-26(36)27(2,3)4)15-5-6-16(11-28)19(9-15)30-23(33)17-7-8-29-12-17/h5-9,12,14,20-21,29,32H,10,13H2,1-4H3,(H,30,33)/t14-,20-,21-/m1/s1. The number of nitrogens with one attached hydrogen (secondary N) is 2. The number of carbonyl (C=O) groups is 4. The summed E-state index contributed by atoms with van der Waals surface area (Å²) in [6.07, 6.45) is 2.42. The van der Waals surface area contributed by atoms with E-state index in [2.05, 4.69) is 10.3 Å². The van der Waals surface area contributed by atoms with Crippen LogP contribution in [0.25, 0.3) is 5.57 Å². The van der Waals surface area contributed by atoms with Gasteiger partial charge in [-0.3, -0.25) is 14.4 Å². The molecule has 4 rings (SSSR count). The van der Waals surface area contributed by atoms with E-state index in [0.717, 1.165) is 0 Å². The molecule has 1 aromatic carbocycles. The first kappa shape index (κ1) is 26.6. The summed E-state index contributed by atoms with van der Waals surface area (Å²) >= 11 is 0. The monoisotopic (exact) mass is 520 g/mol. The van der Waals surface area contributed by atoms with E-state index >= 15 is 0 Å². The van der Waals surface area contributed by atoms with Gasteiger partial charge < -0.3 is 29.8 Å². The Hall–Kier alpha value is -4.43. The lowest BCUT2D eigenvalue weighted by molar-refractivity contribution is -0.175. The molecule has 0 aliphatic carbocycles. The fourth-order valence-corrected chi connectivity index (χ4v) is 4.53. The number of anilines is 1. The Labute approximate surface area is 219 Å². The number of aromatic nitrogens is 1. The first-order valence-electron chi connectivity index (χ1n) is 12.0. The van der Waals surface area contributed by atoms with Crippen molar-refractivity contribution in [1.29, 1.82) is 5.26 Å². The third kappa shape index (κ3) is 4.90. The van der Waals surface area contributed by atoms with Crippen LogP contribution in [0.15, 0.2) is 42.4 Å². The summed E-state index contributed by atoms with van der Waals surface area (Å²) in [6, 6.07) is 7.82. The van der Waals surface area contributed by atoms with Crippen molar-refractivity contribution in [1.82, 2.24) is 9.88 Å². The molecule has 2 aliphatic heterocycles. The molecule has 2 amide bonds. The van der Waals surface area contributed by atoms with Crippen molar-refractivity contribution in [2.45, 2.75) is 46.3 Å². The molecule has 0 radical (unpaired) electrons. The Morgan fingerprint density at radius 2 is 2.00 bits per heavy atom. The summed E-state index contributed by atoms with van der Waals surface area (Å²) < 4.78 is 10.2. The molecule has 2 aromatic rings. The van der Waals surface area contributed by atoms with Gasteiger partial charge in [-0.15, -0.1) is 0 Å². The molecule has 0 bridgehead atoms. The number of amides is 2. The Kier molecular flexibility index (Phi) is 7.11. The number of β-lactam (4-membered cyclic amide) rings is 1. The van der Waals surface area contributed by atoms with E-state index in [1.54, 1.807) is 45.2 Å². The highest BCUT2D eigenvalue weighted by Crippen LogP contribution is 2.47. The second-order valence-corrected chi connectivity index (χ2v) is 10.2. The normalized spacial score (nSPS) is 19.3. The maximum absolute atomic E-state index is 13.2. The molecule has 2 aliphatic rings. The van der Waals surface area contributed by atoms with Gasteiger partial charge in [0.1, 0.15) is 11.8 Å². The Balaban J connectivity index is 1.66. The number of hydrogen-bond acceptors (Lipinski definition) is 8. The van der Waals surface area contributed by atoms with Gasteiger partial charge in [0, 0.05) is 12.4 Å². The molecule has 0 unspecified atom stereocenters. The van der Waals surface area contributed by atoms with Crippen LogP contribution in [0.1, 0.15) is 55.6 Å². The third-order valence-electron chi connectivity index (χ3n) is 6.51. The number of aliphatic hydroxyl groups is 1. The summed E-state index contributed by atoms with van der Waals surface area (Å²) in [5, 5.41) is 22.4. The van der Waals surface area contributed by atoms with E-state index in [0.29, 0.717) is 16.7 Å². The Morgan fingerprint density at radius 3 is 2.61 bits per heavy atom. The van der Waals surface area contributed by atoms with E-state index < -0.39 is 54.0 Å². The number of ether oxygens (including phenoxy) is 2. The summed E-state index contributed by atoms with van der Waals surface area (Å²) in [7, 11) is 0. The van der Waals surface area contributed by atoms with E-state index in [1.165, 1.54) is 24.1 Å². The fourth-order valence-electron chi connectivity index (χ4n) is 4.53. The first-order chi connectivity index (χ1) is 17.9. The van der Waals surface area contributed by atoms with E-state index in [4.69, 9.17) is 9.47 Å². The van der Waals surface area contributed by atoms with Crippen molar-refractivity contribution < 1.29 is 33.8 Å². The van der Waals surface area contributed by atoms with Crippen LogP contribution in [0.5, 0.6) is 0 Å². The van der Waals surface area contributed by atoms with Gasteiger partial charge in [0.2, 0.25) is 12.7 Å². The van der Waals surface area contributed by atoms with E-state index in [1.807, 2.05) is 6.07 Å². The molecule has 11 nitrogen and oxygen atoms in total. The van der Waals surface area contributed by atoms with Crippen molar-refractivity contribution in [3.8, 4) is 6.07 Å². The van der Waals surface area contributed by atoms with Gasteiger partial charge >= 0.3 is 11.9 Å². The molecule has 38 heavy (non-hydrogen) atoms. The lowest BCUT2D eigenvalue weighted by atomic mass is 9.82. The van der Waals surface area contributed by atoms with Crippen LogP contribution < -0.4 is 5.32 Å². The molecule has 11 heteroatoms. The molecular weight excluding hydrogens is 492 g/mol. The molecule has 1 fully saturated rings. The molecular formula is C27H28N4O7. The molecule has 1 aromatic heterocycles. The number of benzene rings is 1. The van der Waals surface area contributed by atoms with Crippen LogP contribution in [-0.2, 0) is 23.9 Å². The number of carbonyl (C=O) groups excluding carboxylic acids is 4. The van der Waals surface area contributed by atoms with Crippen LogP contribution in [-0.4, -0.2) is 57.7 Å². The number of hydrogen-bond donors (Lipinski definition) is 3. The van der Waals surface area contributed by atoms with Crippen molar-refractivity contribution in [3.05, 3.63) is 59.0 Å². The van der Waals surface area contributed by atoms with E-state index in [-0.39, 0.29) is 23.4 Å². The minimum Gasteiger partial charge on any atom is -0.427 e. The predicted molar refractivity (Wildman–Crippen MR) is 134 cm³/mol. The smallest absolute Gasteiger partial charge is 0.358 e. The van der Waals surface area contributed by atoms with Gasteiger partial charge in [0.25, 0.3) is 5.91 Å². The minimum absolute atomic E-state index is 0.0312. The van der Waals surface area contributed by atoms with Gasteiger partial charge in [0.15, 0.2) is 0 Å². The number of aliphatic hydroxyl groups excluding tert-OH is 1. The van der Waals surface area contributed by atoms with Crippen LogP contribution >= 0.6 is 0 Å². The summed E-state index contributed by atoms with van der Waals surface area (Å²) in [5.74, 6) is -2.99. The highest BCUT2D eigenvalue weighted by molar-refractivity contribution is 6.08. The number of H-pyrrole nitrogens is 1. The molecule has 1 saturated heterocycles. The van der Waals surface area contributed by atoms with Crippen molar-refractivity contribution in [3.63, 3.8) is 0 Å². The van der Waals surface area contributed by atoms with Crippen molar-refractivity contribution in [2.75, 3.05) is 12.1 Å². The summed E-state index contributed by atoms with van der Waals surface area (Å²) in [6.45, 7) is 5.85. The van der Waals surface area contributed by atoms with Gasteiger partial charge in [-0.25, -0.2) is 4.79 Å². The van der Waals surface area contributed by atoms with Crippen molar-refractivity contribution >= 4 is 35.0 Å². The van der Waals surface area contributed by atoms with Gasteiger partial charge in [-0.05, 0) is 63.5 Å². The third-order valence-corrected chi connectivity index (χ3v) is 6.51. The largest absolute Gasteiger partial charge is 0.427 e. The van der Waals surface area contributed by atoms with Crippen LogP contribution in [0.4, 0.5) is 5.69 Å². The zero-order valence-corrected chi connectivity index (χ0v) is 21.4. The molecule has 3 N–H and O–H groups in total. The number of aromatic amines is 1. The maximum atomic E-state index is 13.2. The van der Waals surface area contributed by atoms with Crippen molar-refractivity contribution in [2.24, 2.45) is 11.3 Å². The van der Waals surface area contributed by atoms with Gasteiger partial charge in [-0.1, -0.05) is 6.07 Å². The van der Waals surface area contributed by atoms with E-state index in [9.17, 15) is 29.5 Å². The predicted octanol–water partition coefficient (Wildman–Crippen LogP) is 2.55. The average Bonchev–Trinajstić information content (AvgIpc) is 3.50. The molecule has 0 spiro atoms. The lowest BCUT2D eigenvalue weighted by Crippen LogP contribution is -2.61. The Bertz CT molecular complexity index is 1360. The summed E-state index contributed by atoms with van der Waals surface area (Å²) in [5.41, 5.74) is 0.897. The fraction of sp³-hybridized carbons (Fsp3) is 0.370. The Morgan fingerprint density at radius 1 is 1.26 bits per heavy atom. The lowest BCUT2D eigenvalue weighted by Gasteiger charge is -2.44. The minimum atomic E-state index is -0.926. The highest BCUT2D eigenvalue weighted by atomic mass is 16.7. The quantitative estimate of drug-likeness (QED) is 0.285. The zero-order valence-electron chi connectivity index (χ0n) is 21.4. The number of fused-ring (bicyclic) bond motifs is 1. The van der Waals surface area contributed by atoms with Crippen LogP contribution in [0.3, 0.4) is 0 Å². The average molecular weight is 521 g/mol. The number of rotatable bonds is 7. The first-order valence-corrected chi connectivity index (χ1v) is 12.0. The van der Waals surface area contributed by atoms with Crippen LogP contribution in [0, 0.1) is 22.7 Å². The number of nitriles is 1. The number of esters is 2. The summed E-state index contributed by atoms with van der Waals surface area (Å²) in [4.78, 5) is 54.8.